The van der Waals surface area contributed by atoms with E-state index in [1.807, 2.05) is 6.92 Å². The lowest BCUT2D eigenvalue weighted by Gasteiger charge is -2.34. The number of hydrogen-bond donors (Lipinski definition) is 0. The summed E-state index contributed by atoms with van der Waals surface area (Å²) in [5.74, 6) is -4.11. The van der Waals surface area contributed by atoms with Gasteiger partial charge in [-0.15, -0.1) is 0 Å². The van der Waals surface area contributed by atoms with Gasteiger partial charge in [0.05, 0.1) is 19.8 Å². The molecule has 3 nitrogen and oxygen atoms in total. The van der Waals surface area contributed by atoms with Crippen molar-refractivity contribution in [2.75, 3.05) is 19.8 Å². The fourth-order valence-corrected chi connectivity index (χ4v) is 4.14. The molecule has 0 aliphatic carbocycles. The maximum absolute atomic E-state index is 14.9. The van der Waals surface area contributed by atoms with Crippen LogP contribution in [0.5, 0.6) is 5.75 Å². The summed E-state index contributed by atoms with van der Waals surface area (Å²) < 4.78 is 89.1. The third-order valence-electron chi connectivity index (χ3n) is 5.87. The van der Waals surface area contributed by atoms with Crippen molar-refractivity contribution in [3.8, 4) is 28.0 Å². The van der Waals surface area contributed by atoms with Gasteiger partial charge in [0.15, 0.2) is 23.5 Å². The van der Waals surface area contributed by atoms with Crippen molar-refractivity contribution in [2.45, 2.75) is 38.6 Å². The highest BCUT2D eigenvalue weighted by Crippen LogP contribution is 2.36. The fourth-order valence-electron chi connectivity index (χ4n) is 4.14. The van der Waals surface area contributed by atoms with Crippen LogP contribution in [0.3, 0.4) is 0 Å². The third kappa shape index (κ3) is 5.18. The minimum absolute atomic E-state index is 0.0298. The second-order valence-corrected chi connectivity index (χ2v) is 8.46. The van der Waals surface area contributed by atoms with Gasteiger partial charge in [0.2, 0.25) is 5.82 Å². The van der Waals surface area contributed by atoms with Crippen molar-refractivity contribution >= 4 is 0 Å². The normalized spacial score (nSPS) is 20.1. The molecule has 1 heterocycles. The van der Waals surface area contributed by atoms with Crippen molar-refractivity contribution < 1.29 is 36.2 Å². The summed E-state index contributed by atoms with van der Waals surface area (Å²) in [6.45, 7) is 3.35. The lowest BCUT2D eigenvalue weighted by molar-refractivity contribution is -0.239. The van der Waals surface area contributed by atoms with Crippen LogP contribution in [-0.2, 0) is 9.47 Å². The Morgan fingerprint density at radius 3 is 2.06 bits per heavy atom. The maximum Gasteiger partial charge on any atom is 0.201 e. The Morgan fingerprint density at radius 1 is 0.829 bits per heavy atom. The van der Waals surface area contributed by atoms with Crippen molar-refractivity contribution in [1.82, 2.24) is 0 Å². The molecule has 0 saturated carbocycles. The Labute approximate surface area is 200 Å². The highest BCUT2D eigenvalue weighted by molar-refractivity contribution is 5.72. The second kappa shape index (κ2) is 10.3. The zero-order valence-electron chi connectivity index (χ0n) is 19.3. The third-order valence-corrected chi connectivity index (χ3v) is 5.87. The highest BCUT2D eigenvalue weighted by atomic mass is 19.2. The van der Waals surface area contributed by atoms with Crippen LogP contribution in [0.4, 0.5) is 22.0 Å². The first-order valence-electron chi connectivity index (χ1n) is 11.4. The molecule has 1 saturated heterocycles. The minimum Gasteiger partial charge on any atom is -0.491 e. The summed E-state index contributed by atoms with van der Waals surface area (Å²) in [6.07, 6.45) is 0.0149. The first kappa shape index (κ1) is 25.1. The summed E-state index contributed by atoms with van der Waals surface area (Å²) in [4.78, 5) is 0. The van der Waals surface area contributed by atoms with E-state index in [0.717, 1.165) is 12.1 Å². The Bertz CT molecular complexity index is 1210. The minimum atomic E-state index is -1.57. The largest absolute Gasteiger partial charge is 0.491 e. The van der Waals surface area contributed by atoms with Gasteiger partial charge in [0.25, 0.3) is 0 Å². The Kier molecular flexibility index (Phi) is 7.42. The van der Waals surface area contributed by atoms with Crippen molar-refractivity contribution in [3.63, 3.8) is 0 Å². The number of hydrogen-bond acceptors (Lipinski definition) is 3. The quantitative estimate of drug-likeness (QED) is 0.319. The molecule has 8 heteroatoms. The summed E-state index contributed by atoms with van der Waals surface area (Å²) in [5, 5.41) is 0. The molecule has 0 aromatic heterocycles. The molecule has 35 heavy (non-hydrogen) atoms. The van der Waals surface area contributed by atoms with Gasteiger partial charge in [0.1, 0.15) is 11.6 Å². The maximum atomic E-state index is 14.9. The van der Waals surface area contributed by atoms with Crippen LogP contribution in [0.2, 0.25) is 0 Å². The fraction of sp³-hybridized carbons (Fsp3) is 0.333. The average molecular weight is 492 g/mol. The molecule has 186 valence electrons. The SMILES string of the molecule is CCCC1(F)COC(c2ccc(-c3ccc(-c4ccc(OCC)c(F)c4F)cc3F)c(F)c2)OC1. The molecule has 0 radical (unpaired) electrons. The van der Waals surface area contributed by atoms with Gasteiger partial charge >= 0.3 is 0 Å². The second-order valence-electron chi connectivity index (χ2n) is 8.46. The highest BCUT2D eigenvalue weighted by Gasteiger charge is 2.37. The molecule has 1 fully saturated rings. The summed E-state index contributed by atoms with van der Waals surface area (Å²) in [6, 6.07) is 10.3. The van der Waals surface area contributed by atoms with E-state index in [-0.39, 0.29) is 47.8 Å². The van der Waals surface area contributed by atoms with Gasteiger partial charge in [-0.05, 0) is 43.2 Å². The van der Waals surface area contributed by atoms with Gasteiger partial charge < -0.3 is 14.2 Å². The van der Waals surface area contributed by atoms with E-state index in [0.29, 0.717) is 18.4 Å². The molecular weight excluding hydrogens is 467 g/mol. The Hall–Kier alpha value is -2.97. The molecule has 0 atom stereocenters. The van der Waals surface area contributed by atoms with Gasteiger partial charge in [-0.3, -0.25) is 0 Å². The molecular formula is C27H25F5O3. The molecule has 0 spiro atoms. The number of halogens is 5. The van der Waals surface area contributed by atoms with Gasteiger partial charge in [-0.25, -0.2) is 17.6 Å². The number of ether oxygens (including phenoxy) is 3. The van der Waals surface area contributed by atoms with Crippen molar-refractivity contribution in [3.05, 3.63) is 77.4 Å². The number of alkyl halides is 1. The molecule has 0 N–H and O–H groups in total. The van der Waals surface area contributed by atoms with Gasteiger partial charge in [-0.2, -0.15) is 4.39 Å². The van der Waals surface area contributed by atoms with E-state index >= 15 is 0 Å². The molecule has 0 amide bonds. The van der Waals surface area contributed by atoms with Crippen molar-refractivity contribution in [1.29, 1.82) is 0 Å². The van der Waals surface area contributed by atoms with E-state index in [1.165, 1.54) is 36.4 Å². The van der Waals surface area contributed by atoms with Crippen LogP contribution in [-0.4, -0.2) is 25.5 Å². The lowest BCUT2D eigenvalue weighted by Crippen LogP contribution is -2.41. The van der Waals surface area contributed by atoms with E-state index in [9.17, 15) is 22.0 Å². The molecule has 4 rings (SSSR count). The summed E-state index contributed by atoms with van der Waals surface area (Å²) >= 11 is 0. The van der Waals surface area contributed by atoms with E-state index in [2.05, 4.69) is 0 Å². The van der Waals surface area contributed by atoms with Crippen LogP contribution in [0.25, 0.3) is 22.3 Å². The molecule has 0 unspecified atom stereocenters. The first-order valence-corrected chi connectivity index (χ1v) is 11.4. The number of rotatable bonds is 7. The van der Waals surface area contributed by atoms with Gasteiger partial charge in [0, 0.05) is 22.3 Å². The van der Waals surface area contributed by atoms with Crippen molar-refractivity contribution in [2.24, 2.45) is 0 Å². The van der Waals surface area contributed by atoms with Crippen LogP contribution in [0.15, 0.2) is 48.5 Å². The predicted molar refractivity (Wildman–Crippen MR) is 122 cm³/mol. The van der Waals surface area contributed by atoms with Crippen LogP contribution in [0, 0.1) is 23.3 Å². The Balaban J connectivity index is 1.56. The van der Waals surface area contributed by atoms with E-state index in [4.69, 9.17) is 14.2 Å². The number of benzene rings is 3. The van der Waals surface area contributed by atoms with E-state index < -0.39 is 35.2 Å². The zero-order chi connectivity index (χ0) is 25.2. The topological polar surface area (TPSA) is 27.7 Å². The molecule has 3 aromatic rings. The monoisotopic (exact) mass is 492 g/mol. The molecule has 0 bridgehead atoms. The average Bonchev–Trinajstić information content (AvgIpc) is 2.83. The standard InChI is InChI=1S/C27H25F5O3/c1-3-11-27(32)14-34-26(35-15-27)17-6-8-20(22(29)13-17)19-7-5-16(12-21(19)28)18-9-10-23(33-4-2)25(31)24(18)30/h5-10,12-13,26H,3-4,11,14-15H2,1-2H3. The Morgan fingerprint density at radius 2 is 1.46 bits per heavy atom. The first-order chi connectivity index (χ1) is 16.8. The van der Waals surface area contributed by atoms with Crippen LogP contribution >= 0.6 is 0 Å². The zero-order valence-corrected chi connectivity index (χ0v) is 19.3. The molecule has 1 aliphatic rings. The summed E-state index contributed by atoms with van der Waals surface area (Å²) in [7, 11) is 0. The predicted octanol–water partition coefficient (Wildman–Crippen LogP) is 7.53. The summed E-state index contributed by atoms with van der Waals surface area (Å²) in [5.41, 5.74) is -1.37. The molecule has 1 aliphatic heterocycles. The molecule has 3 aromatic carbocycles. The smallest absolute Gasteiger partial charge is 0.201 e. The lowest BCUT2D eigenvalue weighted by atomic mass is 9.97. The van der Waals surface area contributed by atoms with E-state index in [1.54, 1.807) is 6.92 Å². The van der Waals surface area contributed by atoms with Gasteiger partial charge in [-0.1, -0.05) is 37.6 Å². The van der Waals surface area contributed by atoms with Crippen LogP contribution in [0.1, 0.15) is 38.5 Å². The van der Waals surface area contributed by atoms with Crippen LogP contribution < -0.4 is 4.74 Å².